The molecule has 3 saturated carbocycles. The van der Waals surface area contributed by atoms with E-state index < -0.39 is 9.52 Å². The van der Waals surface area contributed by atoms with Crippen LogP contribution >= 0.6 is 0 Å². The van der Waals surface area contributed by atoms with Crippen molar-refractivity contribution in [2.75, 3.05) is 6.26 Å². The van der Waals surface area contributed by atoms with Crippen molar-refractivity contribution in [1.82, 2.24) is 0 Å². The van der Waals surface area contributed by atoms with Crippen molar-refractivity contribution in [3.63, 3.8) is 0 Å². The Balaban J connectivity index is 1.61. The molecule has 8 atom stereocenters. The lowest BCUT2D eigenvalue weighted by atomic mass is 9.46. The number of carbonyl (C=O) groups excluding carboxylic acids is 2. The third-order valence-electron chi connectivity index (χ3n) is 9.93. The van der Waals surface area contributed by atoms with Crippen molar-refractivity contribution in [3.05, 3.63) is 11.6 Å². The first kappa shape index (κ1) is 19.8. The zero-order valence-corrected chi connectivity index (χ0v) is 18.8. The Bertz CT molecular complexity index is 917. The van der Waals surface area contributed by atoms with E-state index in [0.717, 1.165) is 44.9 Å². The molecule has 160 valence electrons. The van der Waals surface area contributed by atoms with Gasteiger partial charge < -0.3 is 4.74 Å². The summed E-state index contributed by atoms with van der Waals surface area (Å²) in [7, 11) is -2.26. The van der Waals surface area contributed by atoms with E-state index in [1.54, 1.807) is 0 Å². The fraction of sp³-hybridized carbons (Fsp3) is 0.792. The van der Waals surface area contributed by atoms with Crippen LogP contribution in [-0.4, -0.2) is 38.9 Å². The predicted octanol–water partition coefficient (Wildman–Crippen LogP) is 3.92. The van der Waals surface area contributed by atoms with Gasteiger partial charge in [-0.1, -0.05) is 19.4 Å². The molecule has 4 fully saturated rings. The topological polar surface area (TPSA) is 60.4 Å². The minimum absolute atomic E-state index is 0.00889. The second-order valence-electron chi connectivity index (χ2n) is 11.1. The second-order valence-corrected chi connectivity index (χ2v) is 13.9. The third-order valence-corrected chi connectivity index (χ3v) is 11.7. The Hall–Kier alpha value is -1.10. The molecule has 0 aromatic heterocycles. The number of ether oxygens (including phenoxy) is 1. The Labute approximate surface area is 174 Å². The van der Waals surface area contributed by atoms with Crippen LogP contribution in [0.25, 0.3) is 0 Å². The van der Waals surface area contributed by atoms with Crippen LogP contribution in [0.5, 0.6) is 0 Å². The first-order valence-electron chi connectivity index (χ1n) is 11.3. The van der Waals surface area contributed by atoms with Gasteiger partial charge in [0.15, 0.2) is 5.78 Å². The van der Waals surface area contributed by atoms with Gasteiger partial charge in [-0.2, -0.15) is 0 Å². The number of carbonyl (C=O) groups is 2. The average molecular weight is 419 g/mol. The van der Waals surface area contributed by atoms with Gasteiger partial charge in [0.1, 0.15) is 5.60 Å². The number of rotatable bonds is 1. The van der Waals surface area contributed by atoms with Gasteiger partial charge in [0.25, 0.3) is 0 Å². The van der Waals surface area contributed by atoms with Crippen molar-refractivity contribution in [3.8, 4) is 0 Å². The quantitative estimate of drug-likeness (QED) is 0.478. The molecule has 0 amide bonds. The standard InChI is InChI=1S/C24H34O4S/c1-22-9-5-16(25)13-15(22)14-19(29(3,4)27)21-17(22)6-10-23(2)18(21)7-11-24(23)12-8-20(26)28-24/h13,17-19,21H,3,5-12,14H2,1-2,4H3/t17?,18-,19?,21?,22?,23?,24?,29?/m0/s1. The van der Waals surface area contributed by atoms with Gasteiger partial charge in [0, 0.05) is 29.8 Å². The summed E-state index contributed by atoms with van der Waals surface area (Å²) in [4.78, 5) is 24.3. The summed E-state index contributed by atoms with van der Waals surface area (Å²) in [5.41, 5.74) is 0.899. The normalized spacial score (nSPS) is 50.9. The van der Waals surface area contributed by atoms with E-state index in [1.807, 2.05) is 12.3 Å². The Kier molecular flexibility index (Phi) is 4.10. The molecule has 0 radical (unpaired) electrons. The van der Waals surface area contributed by atoms with Crippen molar-refractivity contribution < 1.29 is 18.5 Å². The van der Waals surface area contributed by atoms with Gasteiger partial charge in [-0.3, -0.25) is 13.8 Å². The smallest absolute Gasteiger partial charge is 0.306 e. The maximum Gasteiger partial charge on any atom is 0.306 e. The monoisotopic (exact) mass is 418 g/mol. The molecule has 0 bridgehead atoms. The molecule has 1 saturated heterocycles. The number of fused-ring (bicyclic) bond motifs is 6. The summed E-state index contributed by atoms with van der Waals surface area (Å²) < 4.78 is 19.5. The van der Waals surface area contributed by atoms with E-state index in [-0.39, 0.29) is 33.4 Å². The highest BCUT2D eigenvalue weighted by molar-refractivity contribution is 8.00. The summed E-state index contributed by atoms with van der Waals surface area (Å²) >= 11 is 0. The number of hydrogen-bond acceptors (Lipinski definition) is 4. The first-order chi connectivity index (χ1) is 13.5. The Morgan fingerprint density at radius 2 is 1.79 bits per heavy atom. The van der Waals surface area contributed by atoms with E-state index in [4.69, 9.17) is 4.74 Å². The van der Waals surface area contributed by atoms with E-state index in [1.165, 1.54) is 5.57 Å². The third kappa shape index (κ3) is 2.55. The van der Waals surface area contributed by atoms with Gasteiger partial charge >= 0.3 is 5.97 Å². The molecule has 7 unspecified atom stereocenters. The minimum atomic E-state index is -2.26. The molecule has 29 heavy (non-hydrogen) atoms. The van der Waals surface area contributed by atoms with Gasteiger partial charge in [-0.15, -0.1) is 0 Å². The molecule has 5 heteroatoms. The van der Waals surface area contributed by atoms with Crippen LogP contribution in [0.4, 0.5) is 0 Å². The van der Waals surface area contributed by atoms with Crippen LogP contribution in [0, 0.1) is 28.6 Å². The molecular weight excluding hydrogens is 384 g/mol. The van der Waals surface area contributed by atoms with Crippen LogP contribution in [0.15, 0.2) is 11.6 Å². The molecule has 0 aromatic rings. The molecule has 5 rings (SSSR count). The molecule has 0 N–H and O–H groups in total. The number of ketones is 1. The van der Waals surface area contributed by atoms with Crippen LogP contribution in [-0.2, 0) is 23.8 Å². The van der Waals surface area contributed by atoms with Crippen LogP contribution in [0.3, 0.4) is 0 Å². The van der Waals surface area contributed by atoms with E-state index in [9.17, 15) is 13.8 Å². The van der Waals surface area contributed by atoms with E-state index >= 15 is 0 Å². The molecule has 1 spiro atoms. The lowest BCUT2D eigenvalue weighted by Gasteiger charge is -2.61. The molecular formula is C24H34O4S. The van der Waals surface area contributed by atoms with Crippen molar-refractivity contribution in [1.29, 1.82) is 0 Å². The highest BCUT2D eigenvalue weighted by Crippen LogP contribution is 2.70. The molecule has 4 aliphatic carbocycles. The van der Waals surface area contributed by atoms with Gasteiger partial charge in [-0.05, 0) is 89.6 Å². The van der Waals surface area contributed by atoms with Crippen molar-refractivity contribution >= 4 is 27.1 Å². The Morgan fingerprint density at radius 1 is 1.07 bits per heavy atom. The predicted molar refractivity (Wildman–Crippen MR) is 115 cm³/mol. The van der Waals surface area contributed by atoms with Crippen LogP contribution in [0.2, 0.25) is 0 Å². The zero-order chi connectivity index (χ0) is 20.8. The summed E-state index contributed by atoms with van der Waals surface area (Å²) in [6.45, 7) is 4.69. The summed E-state index contributed by atoms with van der Waals surface area (Å²) in [6.07, 6.45) is 11.4. The van der Waals surface area contributed by atoms with Crippen LogP contribution < -0.4 is 0 Å². The van der Waals surface area contributed by atoms with Crippen LogP contribution in [0.1, 0.15) is 71.6 Å². The SMILES string of the molecule is C=S(C)(=O)C1CC2=CC(=O)CCC2(C)C2CCC3(C)[C@@H](CCC34CCC(=O)O4)C21. The minimum Gasteiger partial charge on any atom is -0.458 e. The summed E-state index contributed by atoms with van der Waals surface area (Å²) in [5.74, 6) is 5.49. The van der Waals surface area contributed by atoms with Gasteiger partial charge in [-0.25, -0.2) is 0 Å². The zero-order valence-electron chi connectivity index (χ0n) is 18.0. The lowest BCUT2D eigenvalue weighted by Crippen LogP contribution is -2.59. The largest absolute Gasteiger partial charge is 0.458 e. The number of esters is 1. The summed E-state index contributed by atoms with van der Waals surface area (Å²) in [6, 6.07) is 0. The lowest BCUT2D eigenvalue weighted by molar-refractivity contribution is -0.167. The maximum absolute atomic E-state index is 13.4. The maximum atomic E-state index is 13.4. The summed E-state index contributed by atoms with van der Waals surface area (Å²) in [5, 5.41) is 0.00889. The highest BCUT2D eigenvalue weighted by Gasteiger charge is 2.68. The fourth-order valence-corrected chi connectivity index (χ4v) is 9.88. The molecule has 1 aliphatic heterocycles. The highest BCUT2D eigenvalue weighted by atomic mass is 32.2. The number of allylic oxidation sites excluding steroid dienone is 1. The fourth-order valence-electron chi connectivity index (χ4n) is 8.30. The van der Waals surface area contributed by atoms with Gasteiger partial charge in [0.05, 0.1) is 0 Å². The first-order valence-corrected chi connectivity index (χ1v) is 13.5. The van der Waals surface area contributed by atoms with Gasteiger partial charge in [0.2, 0.25) is 0 Å². The molecule has 4 nitrogen and oxygen atoms in total. The van der Waals surface area contributed by atoms with Crippen molar-refractivity contribution in [2.24, 2.45) is 28.6 Å². The molecule has 1 heterocycles. The van der Waals surface area contributed by atoms with E-state index in [0.29, 0.717) is 30.6 Å². The van der Waals surface area contributed by atoms with Crippen molar-refractivity contribution in [2.45, 2.75) is 82.5 Å². The number of hydrogen-bond donors (Lipinski definition) is 0. The molecule has 5 aliphatic rings. The second kappa shape index (κ2) is 5.99. The average Bonchev–Trinajstić information content (AvgIpc) is 3.15. The molecule has 0 aromatic carbocycles. The Morgan fingerprint density at radius 3 is 2.45 bits per heavy atom. The van der Waals surface area contributed by atoms with E-state index in [2.05, 4.69) is 19.7 Å².